The van der Waals surface area contributed by atoms with E-state index in [0.29, 0.717) is 5.75 Å². The third-order valence-corrected chi connectivity index (χ3v) is 4.34. The molecule has 1 aromatic heterocycles. The lowest BCUT2D eigenvalue weighted by Gasteiger charge is -2.19. The Morgan fingerprint density at radius 1 is 1.16 bits per heavy atom. The van der Waals surface area contributed by atoms with Gasteiger partial charge in [-0.2, -0.15) is 0 Å². The van der Waals surface area contributed by atoms with E-state index in [4.69, 9.17) is 15.0 Å². The van der Waals surface area contributed by atoms with Crippen molar-refractivity contribution in [1.82, 2.24) is 4.57 Å². The van der Waals surface area contributed by atoms with Crippen LogP contribution in [0.1, 0.15) is 31.9 Å². The van der Waals surface area contributed by atoms with Gasteiger partial charge in [0.25, 0.3) is 5.92 Å². The minimum Gasteiger partial charge on any atom is -0.489 e. The summed E-state index contributed by atoms with van der Waals surface area (Å²) in [6, 6.07) is 14.0. The molecular weight excluding hydrogens is 406 g/mol. The van der Waals surface area contributed by atoms with E-state index in [-0.39, 0.29) is 17.5 Å². The first-order chi connectivity index (χ1) is 14.6. The Kier molecular flexibility index (Phi) is 6.17. The molecule has 0 amide bonds. The fraction of sp³-hybridized carbons (Fsp3) is 0.318. The second-order valence-electron chi connectivity index (χ2n) is 7.94. The molecule has 0 unspecified atom stereocenters. The van der Waals surface area contributed by atoms with Gasteiger partial charge in [0, 0.05) is 22.1 Å². The van der Waals surface area contributed by atoms with Crippen LogP contribution in [0.2, 0.25) is 0 Å². The number of aromatic nitrogens is 1. The van der Waals surface area contributed by atoms with Gasteiger partial charge in [-0.15, -0.1) is 0 Å². The number of carbonyl (C=O) groups excluding carboxylic acids is 1. The first-order valence-electron chi connectivity index (χ1n) is 9.55. The number of carbonyl (C=O) groups is 1. The Labute approximate surface area is 177 Å². The Bertz CT molecular complexity index is 1130. The number of hydrogen-bond acceptors (Lipinski definition) is 4. The molecule has 3 rings (SSSR count). The van der Waals surface area contributed by atoms with Gasteiger partial charge < -0.3 is 9.47 Å². The van der Waals surface area contributed by atoms with Crippen LogP contribution in [0.3, 0.4) is 0 Å². The van der Waals surface area contributed by atoms with E-state index in [1.54, 1.807) is 26.8 Å². The highest BCUT2D eigenvalue weighted by Crippen LogP contribution is 2.37. The molecule has 0 aliphatic heterocycles. The first kappa shape index (κ1) is 22.1. The summed E-state index contributed by atoms with van der Waals surface area (Å²) < 4.78 is 41.7. The number of benzene rings is 2. The van der Waals surface area contributed by atoms with Gasteiger partial charge in [0.2, 0.25) is 0 Å². The van der Waals surface area contributed by atoms with E-state index in [0.717, 1.165) is 16.3 Å². The van der Waals surface area contributed by atoms with Crippen molar-refractivity contribution < 1.29 is 23.0 Å². The van der Waals surface area contributed by atoms with Crippen molar-refractivity contribution in [3.63, 3.8) is 0 Å². The quantitative estimate of drug-likeness (QED) is 0.258. The van der Waals surface area contributed by atoms with Crippen LogP contribution in [0.15, 0.2) is 59.8 Å². The molecule has 0 spiro atoms. The minimum absolute atomic E-state index is 0.106. The zero-order valence-corrected chi connectivity index (χ0v) is 17.4. The maximum absolute atomic E-state index is 14.8. The molecule has 0 aliphatic carbocycles. The summed E-state index contributed by atoms with van der Waals surface area (Å²) in [5, 5.41) is 3.12. The molecule has 0 fully saturated rings. The molecule has 7 nitrogen and oxygen atoms in total. The van der Waals surface area contributed by atoms with Crippen LogP contribution in [-0.4, -0.2) is 22.8 Å². The summed E-state index contributed by atoms with van der Waals surface area (Å²) in [5.74, 6) is -3.13. The molecule has 0 atom stereocenters. The van der Waals surface area contributed by atoms with Crippen molar-refractivity contribution >= 4 is 17.0 Å². The molecule has 0 bridgehead atoms. The van der Waals surface area contributed by atoms with Gasteiger partial charge >= 0.3 is 6.09 Å². The topological polar surface area (TPSA) is 89.2 Å². The number of hydrogen-bond donors (Lipinski definition) is 0. The SMILES string of the molecule is CC(C)(C)OC(=O)n1cc(C(F)(F)CN=[N+]=[N-])c2cc(OCc3ccccc3)ccc21. The zero-order valence-electron chi connectivity index (χ0n) is 17.4. The molecule has 3 aromatic rings. The predicted octanol–water partition coefficient (Wildman–Crippen LogP) is 6.41. The van der Waals surface area contributed by atoms with Gasteiger partial charge in [-0.05, 0) is 50.1 Å². The van der Waals surface area contributed by atoms with Gasteiger partial charge in [-0.1, -0.05) is 35.4 Å². The van der Waals surface area contributed by atoms with Crippen molar-refractivity contribution in [3.05, 3.63) is 76.3 Å². The van der Waals surface area contributed by atoms with E-state index in [1.165, 1.54) is 12.1 Å². The van der Waals surface area contributed by atoms with Crippen molar-refractivity contribution in [2.75, 3.05) is 6.54 Å². The fourth-order valence-corrected chi connectivity index (χ4v) is 3.00. The molecule has 2 aromatic carbocycles. The van der Waals surface area contributed by atoms with E-state index in [2.05, 4.69) is 10.0 Å². The summed E-state index contributed by atoms with van der Waals surface area (Å²) >= 11 is 0. The van der Waals surface area contributed by atoms with E-state index >= 15 is 0 Å². The molecule has 9 heteroatoms. The molecule has 0 saturated carbocycles. The third-order valence-electron chi connectivity index (χ3n) is 4.34. The zero-order chi connectivity index (χ0) is 22.6. The number of fused-ring (bicyclic) bond motifs is 1. The average Bonchev–Trinajstić information content (AvgIpc) is 3.10. The van der Waals surface area contributed by atoms with Crippen molar-refractivity contribution in [1.29, 1.82) is 0 Å². The van der Waals surface area contributed by atoms with Gasteiger partial charge in [0.1, 0.15) is 18.0 Å². The largest absolute Gasteiger partial charge is 0.489 e. The predicted molar refractivity (Wildman–Crippen MR) is 112 cm³/mol. The third kappa shape index (κ3) is 5.32. The Balaban J connectivity index is 2.03. The van der Waals surface area contributed by atoms with E-state index < -0.39 is 29.7 Å². The van der Waals surface area contributed by atoms with Crippen LogP contribution in [-0.2, 0) is 17.3 Å². The van der Waals surface area contributed by atoms with E-state index in [1.807, 2.05) is 30.3 Å². The molecular formula is C22H22F2N4O3. The van der Waals surface area contributed by atoms with Crippen molar-refractivity contribution in [2.24, 2.45) is 5.11 Å². The van der Waals surface area contributed by atoms with Gasteiger partial charge in [-0.3, -0.25) is 4.57 Å². The summed E-state index contributed by atoms with van der Waals surface area (Å²) in [6.07, 6.45) is 0.230. The van der Waals surface area contributed by atoms with Crippen LogP contribution in [0, 0.1) is 0 Å². The standard InChI is InChI=1S/C22H22F2N4O3/c1-21(2,3)31-20(29)28-12-18(22(23,24)14-26-27-25)17-11-16(9-10-19(17)28)30-13-15-7-5-4-6-8-15/h4-12H,13-14H2,1-3H3. The molecule has 162 valence electrons. The van der Waals surface area contributed by atoms with Crippen molar-refractivity contribution in [2.45, 2.75) is 38.9 Å². The Morgan fingerprint density at radius 3 is 2.52 bits per heavy atom. The number of azide groups is 1. The molecule has 31 heavy (non-hydrogen) atoms. The van der Waals surface area contributed by atoms with Gasteiger partial charge in [-0.25, -0.2) is 13.6 Å². The summed E-state index contributed by atoms with van der Waals surface area (Å²) in [4.78, 5) is 15.0. The van der Waals surface area contributed by atoms with E-state index in [9.17, 15) is 13.6 Å². The number of nitrogens with zero attached hydrogens (tertiary/aromatic N) is 4. The second-order valence-corrected chi connectivity index (χ2v) is 7.94. The highest BCUT2D eigenvalue weighted by molar-refractivity contribution is 5.93. The van der Waals surface area contributed by atoms with Crippen LogP contribution >= 0.6 is 0 Å². The average molecular weight is 428 g/mol. The lowest BCUT2D eigenvalue weighted by molar-refractivity contribution is 0.00744. The molecule has 0 N–H and O–H groups in total. The summed E-state index contributed by atoms with van der Waals surface area (Å²) in [6.45, 7) is 4.23. The normalized spacial score (nSPS) is 11.8. The molecule has 0 radical (unpaired) electrons. The number of alkyl halides is 2. The number of ether oxygens (including phenoxy) is 2. The molecule has 0 saturated heterocycles. The van der Waals surface area contributed by atoms with Crippen LogP contribution in [0.4, 0.5) is 13.6 Å². The Hall–Kier alpha value is -3.58. The Morgan fingerprint density at radius 2 is 1.87 bits per heavy atom. The fourth-order valence-electron chi connectivity index (χ4n) is 3.00. The first-order valence-corrected chi connectivity index (χ1v) is 9.55. The van der Waals surface area contributed by atoms with Crippen LogP contribution in [0.5, 0.6) is 5.75 Å². The molecule has 1 heterocycles. The monoisotopic (exact) mass is 428 g/mol. The van der Waals surface area contributed by atoms with Crippen molar-refractivity contribution in [3.8, 4) is 5.75 Å². The van der Waals surface area contributed by atoms with Gasteiger partial charge in [0.15, 0.2) is 0 Å². The van der Waals surface area contributed by atoms with Crippen LogP contribution in [0.25, 0.3) is 21.3 Å². The summed E-state index contributed by atoms with van der Waals surface area (Å²) in [5.41, 5.74) is 8.35. The lowest BCUT2D eigenvalue weighted by atomic mass is 10.1. The smallest absolute Gasteiger partial charge is 0.419 e. The second kappa shape index (κ2) is 8.65. The highest BCUT2D eigenvalue weighted by atomic mass is 19.3. The highest BCUT2D eigenvalue weighted by Gasteiger charge is 2.36. The number of rotatable bonds is 6. The van der Waals surface area contributed by atoms with Crippen LogP contribution < -0.4 is 4.74 Å². The molecule has 0 aliphatic rings. The number of halogens is 2. The lowest BCUT2D eigenvalue weighted by Crippen LogP contribution is -2.27. The summed E-state index contributed by atoms with van der Waals surface area (Å²) in [7, 11) is 0. The maximum atomic E-state index is 14.8. The van der Waals surface area contributed by atoms with Gasteiger partial charge in [0.05, 0.1) is 12.1 Å². The maximum Gasteiger partial charge on any atom is 0.419 e. The minimum atomic E-state index is -3.49.